The van der Waals surface area contributed by atoms with Crippen LogP contribution in [0.2, 0.25) is 10.0 Å². The summed E-state index contributed by atoms with van der Waals surface area (Å²) < 4.78 is 29.3. The summed E-state index contributed by atoms with van der Waals surface area (Å²) in [7, 11) is -3.80. The second-order valence-electron chi connectivity index (χ2n) is 5.09. The summed E-state index contributed by atoms with van der Waals surface area (Å²) in [5.41, 5.74) is 0.411. The molecule has 0 aromatic heterocycles. The highest BCUT2D eigenvalue weighted by atomic mass is 35.5. The fourth-order valence-corrected chi connectivity index (χ4v) is 4.00. The molecule has 132 valence electrons. The van der Waals surface area contributed by atoms with E-state index in [0.717, 1.165) is 0 Å². The number of Topliss-reactive ketones (excluding diaryl/α,β-unsaturated/α-hetero) is 1. The number of hydrogen-bond acceptors (Lipinski definition) is 5. The Morgan fingerprint density at radius 3 is 2.36 bits per heavy atom. The lowest BCUT2D eigenvalue weighted by molar-refractivity contribution is -0.142. The van der Waals surface area contributed by atoms with E-state index in [2.05, 4.69) is 0 Å². The van der Waals surface area contributed by atoms with E-state index >= 15 is 0 Å². The summed E-state index contributed by atoms with van der Waals surface area (Å²) in [5.74, 6) is -1.65. The highest BCUT2D eigenvalue weighted by Crippen LogP contribution is 2.26. The van der Waals surface area contributed by atoms with Crippen LogP contribution in [0.1, 0.15) is 16.8 Å². The van der Waals surface area contributed by atoms with Gasteiger partial charge in [-0.05, 0) is 18.2 Å². The van der Waals surface area contributed by atoms with E-state index in [4.69, 9.17) is 27.9 Å². The molecule has 0 aliphatic heterocycles. The zero-order valence-electron chi connectivity index (χ0n) is 12.9. The van der Waals surface area contributed by atoms with E-state index in [0.29, 0.717) is 5.56 Å². The van der Waals surface area contributed by atoms with Gasteiger partial charge in [-0.15, -0.1) is 0 Å². The molecule has 2 aromatic carbocycles. The number of rotatable bonds is 7. The lowest BCUT2D eigenvalue weighted by Crippen LogP contribution is -2.17. The zero-order chi connectivity index (χ0) is 18.4. The van der Waals surface area contributed by atoms with Crippen LogP contribution in [0.25, 0.3) is 0 Å². The normalized spacial score (nSPS) is 11.1. The summed E-state index contributed by atoms with van der Waals surface area (Å²) in [6, 6.07) is 12.4. The van der Waals surface area contributed by atoms with Crippen molar-refractivity contribution in [1.82, 2.24) is 0 Å². The van der Waals surface area contributed by atoms with Crippen molar-refractivity contribution in [3.8, 4) is 0 Å². The standard InChI is InChI=1S/C17H14Cl2O5S/c18-13-6-7-14(19)16(10-13)25(22,23)9-8-17(21)24-11-15(20)12-4-2-1-3-5-12/h1-7,10H,8-9,11H2. The Hall–Kier alpha value is -1.89. The van der Waals surface area contributed by atoms with Crippen molar-refractivity contribution < 1.29 is 22.7 Å². The Kier molecular flexibility index (Phi) is 6.58. The quantitative estimate of drug-likeness (QED) is 0.524. The number of ketones is 1. The molecule has 8 heteroatoms. The number of hydrogen-bond donors (Lipinski definition) is 0. The zero-order valence-corrected chi connectivity index (χ0v) is 15.3. The molecule has 0 radical (unpaired) electrons. The van der Waals surface area contributed by atoms with Gasteiger partial charge in [0.2, 0.25) is 0 Å². The fraction of sp³-hybridized carbons (Fsp3) is 0.176. The second kappa shape index (κ2) is 8.47. The van der Waals surface area contributed by atoms with Gasteiger partial charge >= 0.3 is 5.97 Å². The van der Waals surface area contributed by atoms with Crippen molar-refractivity contribution >= 4 is 44.8 Å². The molecule has 2 rings (SSSR count). The highest BCUT2D eigenvalue weighted by Gasteiger charge is 2.21. The number of esters is 1. The molecule has 2 aromatic rings. The predicted molar refractivity (Wildman–Crippen MR) is 94.9 cm³/mol. The molecular weight excluding hydrogens is 387 g/mol. The molecule has 0 aliphatic rings. The topological polar surface area (TPSA) is 77.5 Å². The molecule has 0 unspecified atom stereocenters. The van der Waals surface area contributed by atoms with Gasteiger partial charge in [-0.1, -0.05) is 53.5 Å². The van der Waals surface area contributed by atoms with Gasteiger partial charge in [-0.3, -0.25) is 9.59 Å². The molecule has 0 saturated heterocycles. The third kappa shape index (κ3) is 5.56. The van der Waals surface area contributed by atoms with Crippen LogP contribution in [0.5, 0.6) is 0 Å². The number of sulfone groups is 1. The first-order chi connectivity index (χ1) is 11.8. The van der Waals surface area contributed by atoms with Gasteiger partial charge < -0.3 is 4.74 Å². The Morgan fingerprint density at radius 1 is 1.00 bits per heavy atom. The molecule has 0 fully saturated rings. The molecule has 0 bridgehead atoms. The minimum atomic E-state index is -3.80. The maximum atomic E-state index is 12.3. The summed E-state index contributed by atoms with van der Waals surface area (Å²) in [6.45, 7) is -0.444. The smallest absolute Gasteiger partial charge is 0.307 e. The van der Waals surface area contributed by atoms with Crippen molar-refractivity contribution in [1.29, 1.82) is 0 Å². The second-order valence-corrected chi connectivity index (χ2v) is 8.01. The minimum absolute atomic E-state index is 0.0250. The number of carbonyl (C=O) groups is 2. The molecule has 0 amide bonds. The van der Waals surface area contributed by atoms with Crippen LogP contribution in [-0.4, -0.2) is 32.5 Å². The van der Waals surface area contributed by atoms with Crippen LogP contribution in [0.15, 0.2) is 53.4 Å². The number of halogens is 2. The molecule has 0 atom stereocenters. The lowest BCUT2D eigenvalue weighted by Gasteiger charge is -2.07. The number of benzene rings is 2. The molecular formula is C17H14Cl2O5S. The van der Waals surface area contributed by atoms with E-state index in [1.54, 1.807) is 30.3 Å². The van der Waals surface area contributed by atoms with E-state index < -0.39 is 34.6 Å². The lowest BCUT2D eigenvalue weighted by atomic mass is 10.1. The van der Waals surface area contributed by atoms with Crippen LogP contribution in [-0.2, 0) is 19.4 Å². The van der Waals surface area contributed by atoms with Crippen LogP contribution in [0.3, 0.4) is 0 Å². The summed E-state index contributed by atoms with van der Waals surface area (Å²) >= 11 is 11.6. The summed E-state index contributed by atoms with van der Waals surface area (Å²) in [6.07, 6.45) is -0.396. The average Bonchev–Trinajstić information content (AvgIpc) is 2.60. The average molecular weight is 401 g/mol. The molecule has 0 saturated carbocycles. The fourth-order valence-electron chi connectivity index (χ4n) is 1.97. The van der Waals surface area contributed by atoms with Crippen molar-refractivity contribution in [3.05, 3.63) is 64.1 Å². The van der Waals surface area contributed by atoms with Crippen LogP contribution in [0.4, 0.5) is 0 Å². The maximum absolute atomic E-state index is 12.3. The summed E-state index contributed by atoms with van der Waals surface area (Å²) in [4.78, 5) is 23.4. The molecule has 0 aliphatic carbocycles. The van der Waals surface area contributed by atoms with Crippen molar-refractivity contribution in [2.24, 2.45) is 0 Å². The monoisotopic (exact) mass is 400 g/mol. The van der Waals surface area contributed by atoms with Crippen molar-refractivity contribution in [2.75, 3.05) is 12.4 Å². The molecule has 25 heavy (non-hydrogen) atoms. The largest absolute Gasteiger partial charge is 0.457 e. The van der Waals surface area contributed by atoms with Gasteiger partial charge in [0.15, 0.2) is 22.2 Å². The third-order valence-electron chi connectivity index (χ3n) is 3.26. The van der Waals surface area contributed by atoms with Gasteiger partial charge in [-0.25, -0.2) is 8.42 Å². The third-order valence-corrected chi connectivity index (χ3v) is 5.69. The Labute approximate surface area is 155 Å². The van der Waals surface area contributed by atoms with Gasteiger partial charge in [0, 0.05) is 10.6 Å². The first-order valence-corrected chi connectivity index (χ1v) is 9.62. The first-order valence-electron chi connectivity index (χ1n) is 7.21. The molecule has 0 heterocycles. The van der Waals surface area contributed by atoms with Gasteiger partial charge in [0.25, 0.3) is 0 Å². The van der Waals surface area contributed by atoms with E-state index in [1.165, 1.54) is 18.2 Å². The minimum Gasteiger partial charge on any atom is -0.457 e. The van der Waals surface area contributed by atoms with Crippen LogP contribution in [0, 0.1) is 0 Å². The molecule has 0 spiro atoms. The maximum Gasteiger partial charge on any atom is 0.307 e. The van der Waals surface area contributed by atoms with Gasteiger partial charge in [0.1, 0.15) is 0 Å². The van der Waals surface area contributed by atoms with Gasteiger partial charge in [0.05, 0.1) is 22.1 Å². The first kappa shape index (κ1) is 19.4. The van der Waals surface area contributed by atoms with E-state index in [1.807, 2.05) is 0 Å². The van der Waals surface area contributed by atoms with Crippen molar-refractivity contribution in [3.63, 3.8) is 0 Å². The van der Waals surface area contributed by atoms with Crippen LogP contribution >= 0.6 is 23.2 Å². The van der Waals surface area contributed by atoms with Crippen molar-refractivity contribution in [2.45, 2.75) is 11.3 Å². The number of carbonyl (C=O) groups excluding carboxylic acids is 2. The Bertz CT molecular complexity index is 879. The molecule has 0 N–H and O–H groups in total. The van der Waals surface area contributed by atoms with Crippen LogP contribution < -0.4 is 0 Å². The predicted octanol–water partition coefficient (Wildman–Crippen LogP) is 3.58. The molecule has 5 nitrogen and oxygen atoms in total. The van der Waals surface area contributed by atoms with E-state index in [9.17, 15) is 18.0 Å². The van der Waals surface area contributed by atoms with Gasteiger partial charge in [-0.2, -0.15) is 0 Å². The Balaban J connectivity index is 1.91. The highest BCUT2D eigenvalue weighted by molar-refractivity contribution is 7.91. The summed E-state index contributed by atoms with van der Waals surface area (Å²) in [5, 5.41) is 0.246. The van der Waals surface area contributed by atoms with E-state index in [-0.39, 0.29) is 20.7 Å². The number of ether oxygens (including phenoxy) is 1. The Morgan fingerprint density at radius 2 is 1.68 bits per heavy atom. The SMILES string of the molecule is O=C(CCS(=O)(=O)c1cc(Cl)ccc1Cl)OCC(=O)c1ccccc1.